The molecule has 2 aliphatic carbocycles. The number of hydrogen-bond acceptors (Lipinski definition) is 8. The number of benzene rings is 2. The molecule has 2 aromatic carbocycles. The molecular weight excluding hydrogens is 638 g/mol. The highest BCUT2D eigenvalue weighted by Gasteiger charge is 2.45. The normalized spacial score (nSPS) is 34.6. The summed E-state index contributed by atoms with van der Waals surface area (Å²) < 4.78 is 41.8. The van der Waals surface area contributed by atoms with Crippen molar-refractivity contribution in [3.63, 3.8) is 0 Å². The molecule has 11 heteroatoms. The Balaban J connectivity index is 1.27. The monoisotopic (exact) mass is 685 g/mol. The maximum Gasteiger partial charge on any atom is 0.264 e. The van der Waals surface area contributed by atoms with Gasteiger partial charge in [-0.15, -0.1) is 0 Å². The molecule has 256 valence electrons. The van der Waals surface area contributed by atoms with E-state index in [0.717, 1.165) is 62.4 Å². The van der Waals surface area contributed by atoms with E-state index in [1.54, 1.807) is 19.1 Å². The van der Waals surface area contributed by atoms with Gasteiger partial charge in [0.1, 0.15) is 5.75 Å². The van der Waals surface area contributed by atoms with E-state index in [9.17, 15) is 18.3 Å². The first-order valence-corrected chi connectivity index (χ1v) is 19.3. The maximum absolute atomic E-state index is 13.6. The molecule has 2 N–H and O–H groups in total. The van der Waals surface area contributed by atoms with Crippen molar-refractivity contribution in [1.82, 2.24) is 9.62 Å². The van der Waals surface area contributed by atoms with Crippen LogP contribution in [-0.4, -0.2) is 87.7 Å². The summed E-state index contributed by atoms with van der Waals surface area (Å²) in [6.45, 7) is 8.32. The minimum Gasteiger partial charge on any atom is -0.490 e. The van der Waals surface area contributed by atoms with Crippen LogP contribution in [-0.2, 0) is 26.6 Å². The number of aryl methyl sites for hydroxylation is 1. The van der Waals surface area contributed by atoms with E-state index in [1.165, 1.54) is 11.1 Å². The molecule has 9 nitrogen and oxygen atoms in total. The van der Waals surface area contributed by atoms with E-state index in [4.69, 9.17) is 21.1 Å². The predicted molar refractivity (Wildman–Crippen MR) is 183 cm³/mol. The van der Waals surface area contributed by atoms with Crippen LogP contribution in [0.4, 0.5) is 5.69 Å². The molecule has 1 saturated heterocycles. The average molecular weight is 686 g/mol. The first-order chi connectivity index (χ1) is 22.5. The summed E-state index contributed by atoms with van der Waals surface area (Å²) in [4.78, 5) is 18.3. The second-order valence-electron chi connectivity index (χ2n) is 14.8. The highest BCUT2D eigenvalue weighted by Crippen LogP contribution is 2.47. The van der Waals surface area contributed by atoms with E-state index in [1.807, 2.05) is 19.1 Å². The van der Waals surface area contributed by atoms with Gasteiger partial charge in [0, 0.05) is 48.2 Å². The van der Waals surface area contributed by atoms with Gasteiger partial charge in [-0.05, 0) is 111 Å². The Bertz CT molecular complexity index is 1600. The zero-order valence-electron chi connectivity index (χ0n) is 27.5. The number of sulfonamides is 1. The van der Waals surface area contributed by atoms with Crippen molar-refractivity contribution >= 4 is 33.2 Å². The summed E-state index contributed by atoms with van der Waals surface area (Å²) in [6.07, 6.45) is 5.67. The number of amides is 1. The van der Waals surface area contributed by atoms with Crippen molar-refractivity contribution in [2.45, 2.75) is 81.6 Å². The number of ether oxygens (including phenoxy) is 2. The molecule has 0 radical (unpaired) electrons. The van der Waals surface area contributed by atoms with Crippen molar-refractivity contribution in [2.75, 3.05) is 50.9 Å². The first kappa shape index (κ1) is 33.1. The Kier molecular flexibility index (Phi) is 9.28. The lowest BCUT2D eigenvalue weighted by molar-refractivity contribution is -0.0324. The number of aliphatic hydroxyl groups is 1. The zero-order valence-corrected chi connectivity index (χ0v) is 29.1. The molecule has 1 spiro atoms. The van der Waals surface area contributed by atoms with Crippen molar-refractivity contribution in [3.05, 3.63) is 58.1 Å². The SMILES string of the molecule is C[C@@H]1[C@@H](C)C[C@H](N2CCOCC2)C[C@@H](O)[C@@H]2CC[C@H]2CN2C[C@@]3(CCCc4cc(Cl)ccc43)COc3ccc(cc32)C(=O)NS1(=O)=O. The molecule has 5 aliphatic rings. The largest absolute Gasteiger partial charge is 0.490 e. The van der Waals surface area contributed by atoms with Gasteiger partial charge in [0.15, 0.2) is 0 Å². The number of nitrogens with zero attached hydrogens (tertiary/aromatic N) is 2. The molecular formula is C36H48ClN3O6S. The van der Waals surface area contributed by atoms with Crippen molar-refractivity contribution < 1.29 is 27.8 Å². The molecule has 1 saturated carbocycles. The molecule has 3 heterocycles. The molecule has 7 atom stereocenters. The van der Waals surface area contributed by atoms with Crippen LogP contribution in [0.2, 0.25) is 5.02 Å². The Hall–Kier alpha value is -2.37. The summed E-state index contributed by atoms with van der Waals surface area (Å²) in [5.74, 6) is 0.265. The molecule has 2 fully saturated rings. The smallest absolute Gasteiger partial charge is 0.264 e. The standard InChI is InChI=1S/C36H48ClN3O6S/c1-23-16-29(39-12-14-45-15-13-39)19-33(41)30-8-5-27(30)20-40-21-36(11-3-4-25-17-28(37)7-9-31(25)36)22-46-34-10-6-26(18-32(34)40)35(42)38-47(43,44)24(23)2/h6-7,9-10,17-18,23-24,27,29-30,33,41H,3-5,8,11-16,19-22H2,1-2H3,(H,38,42)/t23-,24+,27-,29-,30+,33+,36-/m0/s1. The third-order valence-electron chi connectivity index (χ3n) is 12.0. The van der Waals surface area contributed by atoms with Crippen LogP contribution in [0, 0.1) is 17.8 Å². The minimum atomic E-state index is -3.97. The molecule has 0 unspecified atom stereocenters. The fourth-order valence-electron chi connectivity index (χ4n) is 8.86. The molecule has 0 aromatic heterocycles. The number of anilines is 1. The van der Waals surface area contributed by atoms with E-state index in [2.05, 4.69) is 26.7 Å². The van der Waals surface area contributed by atoms with Crippen LogP contribution in [0.15, 0.2) is 36.4 Å². The fraction of sp³-hybridized carbons (Fsp3) is 0.639. The number of hydrogen-bond donors (Lipinski definition) is 2. The summed E-state index contributed by atoms with van der Waals surface area (Å²) in [6, 6.07) is 11.5. The van der Waals surface area contributed by atoms with E-state index < -0.39 is 27.3 Å². The van der Waals surface area contributed by atoms with Gasteiger partial charge in [0.2, 0.25) is 10.0 Å². The number of fused-ring (bicyclic) bond motifs is 4. The Morgan fingerprint density at radius 3 is 2.64 bits per heavy atom. The van der Waals surface area contributed by atoms with Crippen molar-refractivity contribution in [3.8, 4) is 5.75 Å². The Labute approximate surface area is 284 Å². The van der Waals surface area contributed by atoms with Crippen molar-refractivity contribution in [1.29, 1.82) is 0 Å². The summed E-state index contributed by atoms with van der Waals surface area (Å²) >= 11 is 6.43. The molecule has 2 aromatic rings. The van der Waals surface area contributed by atoms with Crippen molar-refractivity contribution in [2.24, 2.45) is 17.8 Å². The second-order valence-corrected chi connectivity index (χ2v) is 17.3. The van der Waals surface area contributed by atoms with Gasteiger partial charge in [0.25, 0.3) is 5.91 Å². The van der Waals surface area contributed by atoms with Gasteiger partial charge in [0.05, 0.1) is 36.9 Å². The van der Waals surface area contributed by atoms with Crippen LogP contribution >= 0.6 is 11.6 Å². The van der Waals surface area contributed by atoms with Crippen LogP contribution in [0.1, 0.15) is 73.9 Å². The Morgan fingerprint density at radius 1 is 1.06 bits per heavy atom. The predicted octanol–water partition coefficient (Wildman–Crippen LogP) is 4.78. The summed E-state index contributed by atoms with van der Waals surface area (Å²) in [5.41, 5.74) is 3.34. The molecule has 2 bridgehead atoms. The zero-order chi connectivity index (χ0) is 32.9. The summed E-state index contributed by atoms with van der Waals surface area (Å²) in [7, 11) is -3.97. The molecule has 7 rings (SSSR count). The molecule has 47 heavy (non-hydrogen) atoms. The topological polar surface area (TPSA) is 108 Å². The van der Waals surface area contributed by atoms with Gasteiger partial charge >= 0.3 is 0 Å². The minimum absolute atomic E-state index is 0.0196. The van der Waals surface area contributed by atoms with Crippen LogP contribution < -0.4 is 14.4 Å². The average Bonchev–Trinajstić information content (AvgIpc) is 3.18. The van der Waals surface area contributed by atoms with Gasteiger partial charge < -0.3 is 19.5 Å². The lowest BCUT2D eigenvalue weighted by Crippen LogP contribution is -2.51. The van der Waals surface area contributed by atoms with Gasteiger partial charge in [-0.25, -0.2) is 13.1 Å². The number of aliphatic hydroxyl groups excluding tert-OH is 1. The number of rotatable bonds is 1. The first-order valence-electron chi connectivity index (χ1n) is 17.4. The highest BCUT2D eigenvalue weighted by molar-refractivity contribution is 7.90. The second kappa shape index (κ2) is 13.2. The van der Waals surface area contributed by atoms with Crippen LogP contribution in [0.5, 0.6) is 5.75 Å². The lowest BCUT2D eigenvalue weighted by Gasteiger charge is -2.47. The van der Waals surface area contributed by atoms with E-state index >= 15 is 0 Å². The van der Waals surface area contributed by atoms with Crippen LogP contribution in [0.3, 0.4) is 0 Å². The van der Waals surface area contributed by atoms with Gasteiger partial charge in [-0.3, -0.25) is 9.69 Å². The van der Waals surface area contributed by atoms with E-state index in [-0.39, 0.29) is 34.8 Å². The molecule has 1 amide bonds. The van der Waals surface area contributed by atoms with Gasteiger partial charge in [-0.2, -0.15) is 0 Å². The lowest BCUT2D eigenvalue weighted by atomic mass is 9.67. The molecule has 3 aliphatic heterocycles. The van der Waals surface area contributed by atoms with Gasteiger partial charge in [-0.1, -0.05) is 24.6 Å². The third kappa shape index (κ3) is 6.53. The maximum atomic E-state index is 13.6. The number of halogens is 1. The number of morpholine rings is 1. The van der Waals surface area contributed by atoms with E-state index in [0.29, 0.717) is 45.0 Å². The van der Waals surface area contributed by atoms with Crippen LogP contribution in [0.25, 0.3) is 0 Å². The Morgan fingerprint density at radius 2 is 1.87 bits per heavy atom. The third-order valence-corrected chi connectivity index (χ3v) is 14.1. The number of carbonyl (C=O) groups is 1. The quantitative estimate of drug-likeness (QED) is 0.442. The highest BCUT2D eigenvalue weighted by atomic mass is 35.5. The summed E-state index contributed by atoms with van der Waals surface area (Å²) in [5, 5.41) is 11.8. The number of carbonyl (C=O) groups excluding carboxylic acids is 1. The fourth-order valence-corrected chi connectivity index (χ4v) is 10.3. The number of nitrogens with one attached hydrogen (secondary N) is 1.